The molecule has 0 unspecified atom stereocenters. The Hall–Kier alpha value is -2.89. The van der Waals surface area contributed by atoms with Gasteiger partial charge in [-0.3, -0.25) is 4.79 Å². The first-order chi connectivity index (χ1) is 10.7. The predicted molar refractivity (Wildman–Crippen MR) is 85.1 cm³/mol. The molecule has 6 nitrogen and oxygen atoms in total. The van der Waals surface area contributed by atoms with E-state index in [9.17, 15) is 4.79 Å². The summed E-state index contributed by atoms with van der Waals surface area (Å²) < 4.78 is 0. The molecule has 0 aliphatic heterocycles. The summed E-state index contributed by atoms with van der Waals surface area (Å²) in [5, 5.41) is 3.80. The fraction of sp³-hybridized carbons (Fsp3) is 0.188. The highest BCUT2D eigenvalue weighted by molar-refractivity contribution is 5.98. The minimum atomic E-state index is 0.0510. The molecule has 110 valence electrons. The predicted octanol–water partition coefficient (Wildman–Crippen LogP) is 2.56. The normalized spacial score (nSPS) is 14.2. The number of rotatable bonds is 3. The smallest absolute Gasteiger partial charge is 0.228 e. The van der Waals surface area contributed by atoms with E-state index in [-0.39, 0.29) is 11.8 Å². The zero-order valence-electron chi connectivity index (χ0n) is 11.8. The lowest BCUT2D eigenvalue weighted by atomic mass is 10.1. The van der Waals surface area contributed by atoms with Crippen molar-refractivity contribution < 1.29 is 4.79 Å². The minimum absolute atomic E-state index is 0.0510. The number of fused-ring (bicyclic) bond motifs is 1. The first kappa shape index (κ1) is 12.8. The minimum Gasteiger partial charge on any atom is -0.383 e. The van der Waals surface area contributed by atoms with E-state index in [4.69, 9.17) is 5.73 Å². The molecule has 22 heavy (non-hydrogen) atoms. The number of amides is 1. The van der Waals surface area contributed by atoms with Crippen molar-refractivity contribution in [2.24, 2.45) is 5.92 Å². The van der Waals surface area contributed by atoms with Crippen LogP contribution in [0.2, 0.25) is 0 Å². The van der Waals surface area contributed by atoms with E-state index >= 15 is 0 Å². The van der Waals surface area contributed by atoms with Crippen molar-refractivity contribution in [3.63, 3.8) is 0 Å². The number of nitrogens with one attached hydrogen (secondary N) is 2. The lowest BCUT2D eigenvalue weighted by molar-refractivity contribution is -0.117. The highest BCUT2D eigenvalue weighted by Crippen LogP contribution is 2.32. The first-order valence-electron chi connectivity index (χ1n) is 7.22. The summed E-state index contributed by atoms with van der Waals surface area (Å²) in [6.45, 7) is 0. The van der Waals surface area contributed by atoms with Gasteiger partial charge in [-0.25, -0.2) is 9.97 Å². The van der Waals surface area contributed by atoms with Gasteiger partial charge < -0.3 is 16.0 Å². The molecular weight excluding hydrogens is 278 g/mol. The molecule has 0 atom stereocenters. The van der Waals surface area contributed by atoms with E-state index in [2.05, 4.69) is 20.3 Å². The Morgan fingerprint density at radius 1 is 1.27 bits per heavy atom. The van der Waals surface area contributed by atoms with Crippen LogP contribution in [0.25, 0.3) is 22.2 Å². The highest BCUT2D eigenvalue weighted by atomic mass is 16.2. The van der Waals surface area contributed by atoms with Gasteiger partial charge in [0.05, 0.1) is 0 Å². The lowest BCUT2D eigenvalue weighted by Gasteiger charge is -2.05. The number of aromatic nitrogens is 3. The van der Waals surface area contributed by atoms with Gasteiger partial charge in [0.2, 0.25) is 5.91 Å². The maximum Gasteiger partial charge on any atom is 0.228 e. The third-order valence-corrected chi connectivity index (χ3v) is 3.87. The second kappa shape index (κ2) is 4.84. The molecule has 3 aromatic heterocycles. The van der Waals surface area contributed by atoms with Crippen molar-refractivity contribution in [2.75, 3.05) is 11.1 Å². The van der Waals surface area contributed by atoms with E-state index in [0.717, 1.165) is 29.4 Å². The van der Waals surface area contributed by atoms with Gasteiger partial charge in [0.1, 0.15) is 17.3 Å². The van der Waals surface area contributed by atoms with Gasteiger partial charge in [-0.15, -0.1) is 0 Å². The van der Waals surface area contributed by atoms with E-state index in [1.54, 1.807) is 6.20 Å². The molecule has 0 bridgehead atoms. The molecule has 0 radical (unpaired) electrons. The largest absolute Gasteiger partial charge is 0.383 e. The van der Waals surface area contributed by atoms with E-state index in [1.807, 2.05) is 30.5 Å². The first-order valence-corrected chi connectivity index (χ1v) is 7.22. The molecule has 4 N–H and O–H groups in total. The van der Waals surface area contributed by atoms with Gasteiger partial charge in [0.25, 0.3) is 0 Å². The number of carbonyl (C=O) groups is 1. The van der Waals surface area contributed by atoms with E-state index in [0.29, 0.717) is 17.3 Å². The summed E-state index contributed by atoms with van der Waals surface area (Å²) in [6.07, 6.45) is 5.47. The second-order valence-corrected chi connectivity index (χ2v) is 5.49. The number of carbonyl (C=O) groups excluding carboxylic acids is 1. The lowest BCUT2D eigenvalue weighted by Crippen LogP contribution is -2.14. The number of aromatic amines is 1. The topological polar surface area (TPSA) is 96.7 Å². The van der Waals surface area contributed by atoms with Gasteiger partial charge in [-0.05, 0) is 37.1 Å². The maximum absolute atomic E-state index is 11.8. The number of anilines is 2. The molecule has 1 fully saturated rings. The molecule has 1 amide bonds. The van der Waals surface area contributed by atoms with Gasteiger partial charge >= 0.3 is 0 Å². The third kappa shape index (κ3) is 2.18. The second-order valence-electron chi connectivity index (χ2n) is 5.49. The number of hydrogen-bond acceptors (Lipinski definition) is 4. The van der Waals surface area contributed by atoms with Crippen LogP contribution in [0.3, 0.4) is 0 Å². The summed E-state index contributed by atoms with van der Waals surface area (Å²) in [6, 6.07) is 7.52. The summed E-state index contributed by atoms with van der Waals surface area (Å²) >= 11 is 0. The third-order valence-electron chi connectivity index (χ3n) is 3.87. The Kier molecular flexibility index (Phi) is 2.82. The van der Waals surface area contributed by atoms with Crippen molar-refractivity contribution >= 4 is 28.6 Å². The fourth-order valence-electron chi connectivity index (χ4n) is 2.52. The Balaban J connectivity index is 1.71. The standard InChI is InChI=1S/C16H15N5O/c17-14-10(2-1-7-18-14)12-8-19-15-11(12)5-6-13(20-15)21-16(22)9-3-4-9/h1-2,5-9H,3-4H2,(H2,17,18)(H2,19,20,21,22). The quantitative estimate of drug-likeness (QED) is 0.691. The average Bonchev–Trinajstić information content (AvgIpc) is 3.29. The van der Waals surface area contributed by atoms with Gasteiger partial charge in [-0.1, -0.05) is 0 Å². The molecule has 3 heterocycles. The van der Waals surface area contributed by atoms with Crippen LogP contribution < -0.4 is 11.1 Å². The van der Waals surface area contributed by atoms with Crippen LogP contribution in [0.4, 0.5) is 11.6 Å². The van der Waals surface area contributed by atoms with Crippen molar-refractivity contribution in [2.45, 2.75) is 12.8 Å². The van der Waals surface area contributed by atoms with Gasteiger partial charge in [-0.2, -0.15) is 0 Å². The van der Waals surface area contributed by atoms with Crippen LogP contribution in [-0.2, 0) is 4.79 Å². The molecule has 1 aliphatic rings. The summed E-state index contributed by atoms with van der Waals surface area (Å²) in [5.74, 6) is 1.26. The van der Waals surface area contributed by atoms with Crippen LogP contribution in [-0.4, -0.2) is 20.9 Å². The molecule has 0 saturated heterocycles. The Morgan fingerprint density at radius 3 is 2.91 bits per heavy atom. The molecule has 4 rings (SSSR count). The molecule has 1 aliphatic carbocycles. The zero-order valence-corrected chi connectivity index (χ0v) is 11.8. The summed E-state index contributed by atoms with van der Waals surface area (Å²) in [5.41, 5.74) is 8.47. The van der Waals surface area contributed by atoms with Crippen LogP contribution in [0, 0.1) is 5.92 Å². The molecule has 0 aromatic carbocycles. The van der Waals surface area contributed by atoms with Crippen LogP contribution in [0.15, 0.2) is 36.7 Å². The molecule has 6 heteroatoms. The van der Waals surface area contributed by atoms with Gasteiger partial charge in [0, 0.05) is 34.8 Å². The Labute approximate surface area is 126 Å². The van der Waals surface area contributed by atoms with E-state index in [1.165, 1.54) is 0 Å². The maximum atomic E-state index is 11.8. The van der Waals surface area contributed by atoms with Crippen LogP contribution in [0.5, 0.6) is 0 Å². The number of nitrogens with two attached hydrogens (primary N) is 1. The number of hydrogen-bond donors (Lipinski definition) is 3. The van der Waals surface area contributed by atoms with Crippen molar-refractivity contribution in [1.29, 1.82) is 0 Å². The molecule has 1 saturated carbocycles. The zero-order chi connectivity index (χ0) is 15.1. The fourth-order valence-corrected chi connectivity index (χ4v) is 2.52. The van der Waals surface area contributed by atoms with Gasteiger partial charge in [0.15, 0.2) is 0 Å². The van der Waals surface area contributed by atoms with Crippen molar-refractivity contribution in [3.8, 4) is 11.1 Å². The average molecular weight is 293 g/mol. The number of nitrogens with zero attached hydrogens (tertiary/aromatic N) is 2. The molecule has 0 spiro atoms. The SMILES string of the molecule is Nc1ncccc1-c1c[nH]c2nc(NC(=O)C3CC3)ccc12. The highest BCUT2D eigenvalue weighted by Gasteiger charge is 2.29. The number of nitrogen functional groups attached to an aromatic ring is 1. The molecule has 3 aromatic rings. The summed E-state index contributed by atoms with van der Waals surface area (Å²) in [7, 11) is 0. The van der Waals surface area contributed by atoms with Crippen molar-refractivity contribution in [3.05, 3.63) is 36.7 Å². The van der Waals surface area contributed by atoms with Crippen molar-refractivity contribution in [1.82, 2.24) is 15.0 Å². The van der Waals surface area contributed by atoms with Crippen LogP contribution in [0.1, 0.15) is 12.8 Å². The Bertz CT molecular complexity index is 866. The summed E-state index contributed by atoms with van der Waals surface area (Å²) in [4.78, 5) is 23.5. The van der Waals surface area contributed by atoms with E-state index < -0.39 is 0 Å². The number of pyridine rings is 2. The monoisotopic (exact) mass is 293 g/mol. The number of H-pyrrole nitrogens is 1. The molecular formula is C16H15N5O. The van der Waals surface area contributed by atoms with Crippen LogP contribution >= 0.6 is 0 Å². The Morgan fingerprint density at radius 2 is 2.14 bits per heavy atom.